The lowest BCUT2D eigenvalue weighted by molar-refractivity contribution is 0.221. The average molecular weight is 414 g/mol. The number of hydrogen-bond donors (Lipinski definition) is 1. The Morgan fingerprint density at radius 1 is 0.964 bits per heavy atom. The number of thiophene rings is 1. The molecule has 0 bridgehead atoms. The second kappa shape index (κ2) is 7.80. The summed E-state index contributed by atoms with van der Waals surface area (Å²) in [5.74, 6) is -1.35. The minimum absolute atomic E-state index is 0.217. The molecule has 1 unspecified atom stereocenters. The lowest BCUT2D eigenvalue weighted by Gasteiger charge is -2.16. The Morgan fingerprint density at radius 3 is 2.50 bits per heavy atom. The number of pyridine rings is 1. The summed E-state index contributed by atoms with van der Waals surface area (Å²) < 4.78 is 27.9. The Morgan fingerprint density at radius 2 is 1.79 bits per heavy atom. The molecule has 2 aromatic heterocycles. The molecule has 0 aliphatic heterocycles. The van der Waals surface area contributed by atoms with Gasteiger partial charge >= 0.3 is 0 Å². The molecule has 1 atom stereocenters. The van der Waals surface area contributed by atoms with Crippen molar-refractivity contribution in [3.63, 3.8) is 0 Å². The zero-order chi connectivity index (χ0) is 19.7. The number of aliphatic hydroxyl groups is 1. The summed E-state index contributed by atoms with van der Waals surface area (Å²) in [6, 6.07) is 14.1. The minimum atomic E-state index is -1.05. The van der Waals surface area contributed by atoms with Crippen molar-refractivity contribution < 1.29 is 13.9 Å². The molecular formula is C22H14ClF2NOS. The Bertz CT molecular complexity index is 1130. The summed E-state index contributed by atoms with van der Waals surface area (Å²) in [7, 11) is 0. The van der Waals surface area contributed by atoms with Crippen LogP contribution in [0.15, 0.2) is 72.4 Å². The van der Waals surface area contributed by atoms with Gasteiger partial charge in [0.25, 0.3) is 0 Å². The van der Waals surface area contributed by atoms with E-state index in [1.807, 2.05) is 18.2 Å². The molecule has 0 fully saturated rings. The van der Waals surface area contributed by atoms with Crippen LogP contribution >= 0.6 is 22.9 Å². The van der Waals surface area contributed by atoms with E-state index in [1.165, 1.54) is 23.5 Å². The van der Waals surface area contributed by atoms with Gasteiger partial charge in [-0.15, -0.1) is 11.3 Å². The fourth-order valence-electron chi connectivity index (χ4n) is 3.11. The highest BCUT2D eigenvalue weighted by Crippen LogP contribution is 2.45. The molecule has 2 aromatic carbocycles. The van der Waals surface area contributed by atoms with Crippen LogP contribution in [0, 0.1) is 11.6 Å². The zero-order valence-corrected chi connectivity index (χ0v) is 16.0. The van der Waals surface area contributed by atoms with Gasteiger partial charge in [0, 0.05) is 56.2 Å². The molecule has 0 aliphatic rings. The van der Waals surface area contributed by atoms with Gasteiger partial charge in [-0.2, -0.15) is 0 Å². The second-order valence-electron chi connectivity index (χ2n) is 6.19. The molecule has 0 amide bonds. The lowest BCUT2D eigenvalue weighted by Crippen LogP contribution is -2.03. The molecular weight excluding hydrogens is 400 g/mol. The first-order chi connectivity index (χ1) is 13.6. The summed E-state index contributed by atoms with van der Waals surface area (Å²) in [6.07, 6.45) is 2.12. The predicted molar refractivity (Wildman–Crippen MR) is 108 cm³/mol. The highest BCUT2D eigenvalue weighted by Gasteiger charge is 2.25. The highest BCUT2D eigenvalue weighted by atomic mass is 35.5. The van der Waals surface area contributed by atoms with Gasteiger partial charge < -0.3 is 5.11 Å². The number of nitrogens with zero attached hydrogens (tertiary/aromatic N) is 1. The van der Waals surface area contributed by atoms with E-state index in [1.54, 1.807) is 36.0 Å². The molecule has 140 valence electrons. The number of aliphatic hydroxyl groups excluding tert-OH is 1. The van der Waals surface area contributed by atoms with Gasteiger partial charge in [-0.25, -0.2) is 8.78 Å². The molecule has 4 rings (SSSR count). The van der Waals surface area contributed by atoms with Crippen molar-refractivity contribution in [3.05, 3.63) is 100 Å². The molecule has 0 spiro atoms. The Labute approximate surface area is 169 Å². The van der Waals surface area contributed by atoms with Gasteiger partial charge in [-0.1, -0.05) is 35.9 Å². The maximum atomic E-state index is 14.5. The van der Waals surface area contributed by atoms with E-state index in [9.17, 15) is 13.9 Å². The van der Waals surface area contributed by atoms with E-state index < -0.39 is 17.7 Å². The van der Waals surface area contributed by atoms with E-state index in [2.05, 4.69) is 4.98 Å². The van der Waals surface area contributed by atoms with Crippen LogP contribution in [0.5, 0.6) is 0 Å². The summed E-state index contributed by atoms with van der Waals surface area (Å²) in [5.41, 5.74) is 2.53. The van der Waals surface area contributed by atoms with Crippen molar-refractivity contribution in [1.82, 2.24) is 4.98 Å². The van der Waals surface area contributed by atoms with Crippen LogP contribution in [0.3, 0.4) is 0 Å². The molecule has 4 aromatic rings. The van der Waals surface area contributed by atoms with E-state index in [-0.39, 0.29) is 5.56 Å². The first kappa shape index (κ1) is 18.7. The SMILES string of the molecule is OC(c1cccnc1)c1c(-c2ccc(F)cc2F)csc1-c1ccccc1Cl. The maximum Gasteiger partial charge on any atom is 0.133 e. The van der Waals surface area contributed by atoms with Crippen molar-refractivity contribution in [2.45, 2.75) is 6.10 Å². The Kier molecular flexibility index (Phi) is 5.22. The van der Waals surface area contributed by atoms with Gasteiger partial charge in [0.15, 0.2) is 0 Å². The molecule has 0 radical (unpaired) electrons. The second-order valence-corrected chi connectivity index (χ2v) is 7.47. The average Bonchev–Trinajstić information content (AvgIpc) is 3.13. The number of benzene rings is 2. The maximum absolute atomic E-state index is 14.5. The fourth-order valence-corrected chi connectivity index (χ4v) is 4.54. The standard InChI is InChI=1S/C22H14ClF2NOS/c23-18-6-2-1-5-16(18)22-20(21(27)13-4-3-9-26-11-13)17(12-28-22)15-8-7-14(24)10-19(15)25/h1-12,21,27H. The molecule has 2 heterocycles. The Balaban J connectivity index is 1.96. The molecule has 0 saturated heterocycles. The van der Waals surface area contributed by atoms with Crippen molar-refractivity contribution >= 4 is 22.9 Å². The third-order valence-electron chi connectivity index (χ3n) is 4.44. The molecule has 0 saturated carbocycles. The first-order valence-corrected chi connectivity index (χ1v) is 9.71. The van der Waals surface area contributed by atoms with Gasteiger partial charge in [0.05, 0.1) is 0 Å². The lowest BCUT2D eigenvalue weighted by atomic mass is 9.93. The summed E-state index contributed by atoms with van der Waals surface area (Å²) in [5, 5.41) is 13.4. The summed E-state index contributed by atoms with van der Waals surface area (Å²) >= 11 is 7.73. The van der Waals surface area contributed by atoms with Crippen LogP contribution in [0.1, 0.15) is 17.2 Å². The van der Waals surface area contributed by atoms with E-state index >= 15 is 0 Å². The van der Waals surface area contributed by atoms with E-state index in [0.717, 1.165) is 16.5 Å². The smallest absolute Gasteiger partial charge is 0.133 e. The van der Waals surface area contributed by atoms with Gasteiger partial charge in [-0.05, 0) is 29.6 Å². The van der Waals surface area contributed by atoms with E-state index in [4.69, 9.17) is 11.6 Å². The summed E-state index contributed by atoms with van der Waals surface area (Å²) in [4.78, 5) is 4.78. The monoisotopic (exact) mass is 413 g/mol. The fraction of sp³-hybridized carbons (Fsp3) is 0.0455. The van der Waals surface area contributed by atoms with Crippen molar-refractivity contribution in [3.8, 4) is 21.6 Å². The number of aromatic nitrogens is 1. The quantitative estimate of drug-likeness (QED) is 0.414. The normalized spacial score (nSPS) is 12.1. The molecule has 6 heteroatoms. The summed E-state index contributed by atoms with van der Waals surface area (Å²) in [6.45, 7) is 0. The third kappa shape index (κ3) is 3.44. The zero-order valence-electron chi connectivity index (χ0n) is 14.4. The van der Waals surface area contributed by atoms with Crippen molar-refractivity contribution in [2.24, 2.45) is 0 Å². The predicted octanol–water partition coefficient (Wildman–Crippen LogP) is 6.49. The molecule has 2 nitrogen and oxygen atoms in total. The Hall–Kier alpha value is -2.60. The number of rotatable bonds is 4. The first-order valence-electron chi connectivity index (χ1n) is 8.46. The third-order valence-corrected chi connectivity index (χ3v) is 5.80. The molecule has 1 N–H and O–H groups in total. The van der Waals surface area contributed by atoms with Crippen molar-refractivity contribution in [2.75, 3.05) is 0 Å². The van der Waals surface area contributed by atoms with Crippen LogP contribution in [0.2, 0.25) is 5.02 Å². The largest absolute Gasteiger partial charge is 0.384 e. The van der Waals surface area contributed by atoms with Crippen LogP contribution in [0.4, 0.5) is 8.78 Å². The topological polar surface area (TPSA) is 33.1 Å². The van der Waals surface area contributed by atoms with Crippen LogP contribution in [-0.4, -0.2) is 10.1 Å². The molecule has 28 heavy (non-hydrogen) atoms. The van der Waals surface area contributed by atoms with Gasteiger partial charge in [0.1, 0.15) is 17.7 Å². The molecule has 0 aliphatic carbocycles. The minimum Gasteiger partial charge on any atom is -0.384 e. The number of hydrogen-bond acceptors (Lipinski definition) is 3. The van der Waals surface area contributed by atoms with Crippen LogP contribution in [-0.2, 0) is 0 Å². The van der Waals surface area contributed by atoms with Crippen LogP contribution in [0.25, 0.3) is 21.6 Å². The highest BCUT2D eigenvalue weighted by molar-refractivity contribution is 7.14. The van der Waals surface area contributed by atoms with Crippen molar-refractivity contribution in [1.29, 1.82) is 0 Å². The van der Waals surface area contributed by atoms with Gasteiger partial charge in [-0.3, -0.25) is 4.98 Å². The van der Waals surface area contributed by atoms with Crippen LogP contribution < -0.4 is 0 Å². The van der Waals surface area contributed by atoms with E-state index in [0.29, 0.717) is 21.7 Å². The van der Waals surface area contributed by atoms with Gasteiger partial charge in [0.2, 0.25) is 0 Å². The number of halogens is 3.